The predicted octanol–water partition coefficient (Wildman–Crippen LogP) is 5.15. The highest BCUT2D eigenvalue weighted by Crippen LogP contribution is 2.09. The number of carbonyl (C=O) groups excluding carboxylic acids is 1. The summed E-state index contributed by atoms with van der Waals surface area (Å²) < 4.78 is 4.66. The third-order valence-electron chi connectivity index (χ3n) is 2.78. The molecule has 0 saturated carbocycles. The second-order valence-electron chi connectivity index (χ2n) is 4.63. The molecule has 0 saturated heterocycles. The average molecular weight is 252 g/mol. The Bertz CT molecular complexity index is 241. The van der Waals surface area contributed by atoms with Crippen LogP contribution in [0.25, 0.3) is 0 Å². The van der Waals surface area contributed by atoms with E-state index in [0.717, 1.165) is 6.42 Å². The van der Waals surface area contributed by atoms with Crippen molar-refractivity contribution in [2.45, 2.75) is 71.6 Å². The molecule has 0 aliphatic carbocycles. The van der Waals surface area contributed by atoms with E-state index in [-0.39, 0.29) is 5.97 Å². The summed E-state index contributed by atoms with van der Waals surface area (Å²) in [4.78, 5) is 10.4. The molecule has 0 bridgehead atoms. The lowest BCUT2D eigenvalue weighted by atomic mass is 10.1. The summed E-state index contributed by atoms with van der Waals surface area (Å²) in [6.07, 6.45) is 19.2. The van der Waals surface area contributed by atoms with E-state index in [2.05, 4.69) is 17.7 Å². The lowest BCUT2D eigenvalue weighted by Gasteiger charge is -1.99. The first kappa shape index (κ1) is 16.9. The Hall–Kier alpha value is -1.05. The Morgan fingerprint density at radius 3 is 2.17 bits per heavy atom. The number of ether oxygens (including phenoxy) is 1. The van der Waals surface area contributed by atoms with Crippen LogP contribution in [0.1, 0.15) is 71.6 Å². The summed E-state index contributed by atoms with van der Waals surface area (Å²) in [5.74, 6) is -0.275. The van der Waals surface area contributed by atoms with Gasteiger partial charge in [-0.25, -0.2) is 0 Å². The molecule has 0 atom stereocenters. The van der Waals surface area contributed by atoms with Gasteiger partial charge in [-0.1, -0.05) is 64.0 Å². The summed E-state index contributed by atoms with van der Waals surface area (Å²) >= 11 is 0. The van der Waals surface area contributed by atoms with Crippen molar-refractivity contribution >= 4 is 5.97 Å². The van der Waals surface area contributed by atoms with Crippen LogP contribution in [0.15, 0.2) is 24.5 Å². The molecule has 0 unspecified atom stereocenters. The van der Waals surface area contributed by atoms with Crippen LogP contribution in [0.2, 0.25) is 0 Å². The number of hydrogen-bond donors (Lipinski definition) is 0. The summed E-state index contributed by atoms with van der Waals surface area (Å²) in [6, 6.07) is 0. The molecule has 0 heterocycles. The molecule has 0 aromatic rings. The fraction of sp³-hybridized carbons (Fsp3) is 0.688. The Morgan fingerprint density at radius 1 is 0.944 bits per heavy atom. The van der Waals surface area contributed by atoms with Gasteiger partial charge in [-0.15, -0.1) is 0 Å². The zero-order chi connectivity index (χ0) is 13.5. The summed E-state index contributed by atoms with van der Waals surface area (Å²) in [6.45, 7) is 3.65. The number of carbonyl (C=O) groups is 1. The number of allylic oxidation sites excluding steroid dienone is 3. The van der Waals surface area contributed by atoms with Gasteiger partial charge in [-0.05, 0) is 18.9 Å². The van der Waals surface area contributed by atoms with Gasteiger partial charge in [0.25, 0.3) is 0 Å². The van der Waals surface area contributed by atoms with E-state index in [9.17, 15) is 4.79 Å². The lowest BCUT2D eigenvalue weighted by Crippen LogP contribution is -1.88. The van der Waals surface area contributed by atoms with E-state index in [0.29, 0.717) is 0 Å². The standard InChI is InChI=1S/C16H28O2/c1-3-4-5-6-7-8-9-10-11-12-13-14-15-18-16(2)17/h12-15H,3-11H2,1-2H3/b13-12+,15-14+. The predicted molar refractivity (Wildman–Crippen MR) is 77.3 cm³/mol. The molecule has 18 heavy (non-hydrogen) atoms. The minimum absolute atomic E-state index is 0.275. The van der Waals surface area contributed by atoms with Gasteiger partial charge in [0.1, 0.15) is 0 Å². The monoisotopic (exact) mass is 252 g/mol. The van der Waals surface area contributed by atoms with Crippen LogP contribution in [0, 0.1) is 0 Å². The zero-order valence-corrected chi connectivity index (χ0v) is 12.0. The maximum atomic E-state index is 10.4. The smallest absolute Gasteiger partial charge is 0.307 e. The molecule has 0 rings (SSSR count). The van der Waals surface area contributed by atoms with Gasteiger partial charge in [-0.2, -0.15) is 0 Å². The summed E-state index contributed by atoms with van der Waals surface area (Å²) in [7, 11) is 0. The van der Waals surface area contributed by atoms with Crippen LogP contribution in [0.5, 0.6) is 0 Å². The van der Waals surface area contributed by atoms with Crippen molar-refractivity contribution in [3.8, 4) is 0 Å². The highest BCUT2D eigenvalue weighted by molar-refractivity contribution is 5.66. The molecule has 2 heteroatoms. The SMILES string of the molecule is CCCCCCCCCC/C=C/C=C/OC(C)=O. The first-order chi connectivity index (χ1) is 8.77. The third kappa shape index (κ3) is 14.9. The van der Waals surface area contributed by atoms with E-state index < -0.39 is 0 Å². The second kappa shape index (κ2) is 14.0. The Kier molecular flexibility index (Phi) is 13.2. The molecule has 0 amide bonds. The Morgan fingerprint density at radius 2 is 1.56 bits per heavy atom. The fourth-order valence-corrected chi connectivity index (χ4v) is 1.75. The van der Waals surface area contributed by atoms with Crippen LogP contribution in [-0.2, 0) is 9.53 Å². The fourth-order valence-electron chi connectivity index (χ4n) is 1.75. The van der Waals surface area contributed by atoms with E-state index in [1.807, 2.05) is 6.08 Å². The first-order valence-corrected chi connectivity index (χ1v) is 7.26. The Labute approximate surface area is 112 Å². The molecular formula is C16H28O2. The van der Waals surface area contributed by atoms with Crippen molar-refractivity contribution in [3.05, 3.63) is 24.5 Å². The number of rotatable bonds is 11. The van der Waals surface area contributed by atoms with E-state index in [1.165, 1.54) is 64.6 Å². The zero-order valence-electron chi connectivity index (χ0n) is 12.0. The third-order valence-corrected chi connectivity index (χ3v) is 2.78. The average Bonchev–Trinajstić information content (AvgIpc) is 2.34. The highest BCUT2D eigenvalue weighted by atomic mass is 16.5. The Balaban J connectivity index is 3.17. The van der Waals surface area contributed by atoms with Gasteiger partial charge in [0, 0.05) is 6.92 Å². The van der Waals surface area contributed by atoms with Gasteiger partial charge in [-0.3, -0.25) is 4.79 Å². The van der Waals surface area contributed by atoms with Crippen LogP contribution < -0.4 is 0 Å². The van der Waals surface area contributed by atoms with Gasteiger partial charge in [0.15, 0.2) is 0 Å². The van der Waals surface area contributed by atoms with Crippen molar-refractivity contribution in [3.63, 3.8) is 0 Å². The molecule has 2 nitrogen and oxygen atoms in total. The van der Waals surface area contributed by atoms with Gasteiger partial charge in [0.2, 0.25) is 0 Å². The highest BCUT2D eigenvalue weighted by Gasteiger charge is 1.90. The molecule has 0 fully saturated rings. The maximum absolute atomic E-state index is 10.4. The van der Waals surface area contributed by atoms with Gasteiger partial charge < -0.3 is 4.74 Å². The number of esters is 1. The van der Waals surface area contributed by atoms with Gasteiger partial charge >= 0.3 is 5.97 Å². The minimum Gasteiger partial charge on any atom is -0.435 e. The molecule has 0 aromatic heterocycles. The van der Waals surface area contributed by atoms with Crippen LogP contribution in [-0.4, -0.2) is 5.97 Å². The van der Waals surface area contributed by atoms with Crippen molar-refractivity contribution < 1.29 is 9.53 Å². The molecule has 104 valence electrons. The molecular weight excluding hydrogens is 224 g/mol. The normalized spacial score (nSPS) is 11.4. The van der Waals surface area contributed by atoms with Gasteiger partial charge in [0.05, 0.1) is 6.26 Å². The topological polar surface area (TPSA) is 26.3 Å². The largest absolute Gasteiger partial charge is 0.435 e. The second-order valence-corrected chi connectivity index (χ2v) is 4.63. The molecule has 0 spiro atoms. The molecule has 0 aliphatic rings. The van der Waals surface area contributed by atoms with Crippen molar-refractivity contribution in [1.82, 2.24) is 0 Å². The number of unbranched alkanes of at least 4 members (excludes halogenated alkanes) is 8. The van der Waals surface area contributed by atoms with Crippen molar-refractivity contribution in [2.24, 2.45) is 0 Å². The van der Waals surface area contributed by atoms with E-state index >= 15 is 0 Å². The van der Waals surface area contributed by atoms with Crippen LogP contribution in [0.4, 0.5) is 0 Å². The minimum atomic E-state index is -0.275. The molecule has 0 N–H and O–H groups in total. The maximum Gasteiger partial charge on any atom is 0.307 e. The first-order valence-electron chi connectivity index (χ1n) is 7.26. The van der Waals surface area contributed by atoms with Crippen LogP contribution >= 0.6 is 0 Å². The van der Waals surface area contributed by atoms with Crippen LogP contribution in [0.3, 0.4) is 0 Å². The molecule has 0 aliphatic heterocycles. The van der Waals surface area contributed by atoms with Crippen molar-refractivity contribution in [1.29, 1.82) is 0 Å². The summed E-state index contributed by atoms with van der Waals surface area (Å²) in [5.41, 5.74) is 0. The summed E-state index contributed by atoms with van der Waals surface area (Å²) in [5, 5.41) is 0. The van der Waals surface area contributed by atoms with Crippen molar-refractivity contribution in [2.75, 3.05) is 0 Å². The number of hydrogen-bond acceptors (Lipinski definition) is 2. The quantitative estimate of drug-likeness (QED) is 0.220. The molecule has 0 radical (unpaired) electrons. The van der Waals surface area contributed by atoms with E-state index in [1.54, 1.807) is 6.08 Å². The lowest BCUT2D eigenvalue weighted by molar-refractivity contribution is -0.135. The van der Waals surface area contributed by atoms with E-state index in [4.69, 9.17) is 0 Å². The molecule has 0 aromatic carbocycles.